The van der Waals surface area contributed by atoms with Gasteiger partial charge in [0.2, 0.25) is 0 Å². The van der Waals surface area contributed by atoms with E-state index in [2.05, 4.69) is 9.97 Å². The van der Waals surface area contributed by atoms with Crippen LogP contribution in [0.15, 0.2) is 53.3 Å². The maximum absolute atomic E-state index is 12.7. The first kappa shape index (κ1) is 21.2. The van der Waals surface area contributed by atoms with Gasteiger partial charge in [0.1, 0.15) is 39.6 Å². The molecule has 0 saturated carbocycles. The lowest BCUT2D eigenvalue weighted by Gasteiger charge is -2.13. The average molecular weight is 448 g/mol. The SMILES string of the molecule is COc1ccc(-c2cc(-c3cc4c(OC)ccc(OC)c4nc3Cl)c(C#N)c(=O)[nH]2)cc1. The van der Waals surface area contributed by atoms with Gasteiger partial charge in [0, 0.05) is 22.2 Å². The minimum absolute atomic E-state index is 0.0628. The van der Waals surface area contributed by atoms with Gasteiger partial charge in [-0.1, -0.05) is 11.6 Å². The van der Waals surface area contributed by atoms with Crippen molar-refractivity contribution in [3.05, 3.63) is 69.6 Å². The molecule has 0 atom stereocenters. The molecule has 0 fully saturated rings. The Hall–Kier alpha value is -4.02. The molecule has 4 rings (SSSR count). The summed E-state index contributed by atoms with van der Waals surface area (Å²) < 4.78 is 16.1. The predicted octanol–water partition coefficient (Wildman–Crippen LogP) is 4.81. The summed E-state index contributed by atoms with van der Waals surface area (Å²) in [7, 11) is 4.66. The maximum atomic E-state index is 12.7. The molecule has 32 heavy (non-hydrogen) atoms. The van der Waals surface area contributed by atoms with Crippen molar-refractivity contribution in [1.82, 2.24) is 9.97 Å². The van der Waals surface area contributed by atoms with Gasteiger partial charge in [-0.3, -0.25) is 4.79 Å². The minimum atomic E-state index is -0.524. The molecule has 0 unspecified atom stereocenters. The van der Waals surface area contributed by atoms with Crippen LogP contribution in [0.1, 0.15) is 5.56 Å². The van der Waals surface area contributed by atoms with Crippen LogP contribution in [0.25, 0.3) is 33.3 Å². The van der Waals surface area contributed by atoms with Crippen LogP contribution >= 0.6 is 11.6 Å². The first-order chi connectivity index (χ1) is 15.5. The third-order valence-electron chi connectivity index (χ3n) is 5.14. The normalized spacial score (nSPS) is 10.6. The highest BCUT2D eigenvalue weighted by Crippen LogP contribution is 2.39. The summed E-state index contributed by atoms with van der Waals surface area (Å²) in [6.07, 6.45) is 0. The van der Waals surface area contributed by atoms with E-state index in [9.17, 15) is 10.1 Å². The van der Waals surface area contributed by atoms with Crippen molar-refractivity contribution in [3.63, 3.8) is 0 Å². The highest BCUT2D eigenvalue weighted by atomic mass is 35.5. The molecule has 0 amide bonds. The van der Waals surface area contributed by atoms with Crippen LogP contribution < -0.4 is 19.8 Å². The van der Waals surface area contributed by atoms with Crippen LogP contribution in [0.2, 0.25) is 5.15 Å². The van der Waals surface area contributed by atoms with Crippen LogP contribution in [0.4, 0.5) is 0 Å². The minimum Gasteiger partial charge on any atom is -0.497 e. The van der Waals surface area contributed by atoms with Gasteiger partial charge in [-0.2, -0.15) is 5.26 Å². The molecule has 2 aromatic heterocycles. The zero-order valence-corrected chi connectivity index (χ0v) is 18.3. The number of pyridine rings is 2. The monoisotopic (exact) mass is 447 g/mol. The molecule has 0 spiro atoms. The number of nitrogens with one attached hydrogen (secondary N) is 1. The Morgan fingerprint density at radius 1 is 0.938 bits per heavy atom. The van der Waals surface area contributed by atoms with Crippen molar-refractivity contribution in [1.29, 1.82) is 5.26 Å². The number of methoxy groups -OCH3 is 3. The van der Waals surface area contributed by atoms with Gasteiger partial charge in [-0.15, -0.1) is 0 Å². The molecule has 4 aromatic rings. The van der Waals surface area contributed by atoms with Crippen molar-refractivity contribution in [3.8, 4) is 45.7 Å². The lowest BCUT2D eigenvalue weighted by atomic mass is 9.98. The van der Waals surface area contributed by atoms with Gasteiger partial charge < -0.3 is 19.2 Å². The molecule has 2 heterocycles. The summed E-state index contributed by atoms with van der Waals surface area (Å²) in [5.74, 6) is 1.78. The van der Waals surface area contributed by atoms with E-state index in [-0.39, 0.29) is 10.7 Å². The number of fused-ring (bicyclic) bond motifs is 1. The summed E-state index contributed by atoms with van der Waals surface area (Å²) >= 11 is 6.54. The Morgan fingerprint density at radius 3 is 2.25 bits per heavy atom. The van der Waals surface area contributed by atoms with Crippen LogP contribution in [0, 0.1) is 11.3 Å². The zero-order chi connectivity index (χ0) is 22.8. The molecular formula is C24H18ClN3O4. The second kappa shape index (κ2) is 8.61. The van der Waals surface area contributed by atoms with E-state index in [0.717, 1.165) is 5.56 Å². The second-order valence-electron chi connectivity index (χ2n) is 6.83. The molecule has 160 valence electrons. The predicted molar refractivity (Wildman–Crippen MR) is 123 cm³/mol. The smallest absolute Gasteiger partial charge is 0.266 e. The Balaban J connectivity index is 1.99. The largest absolute Gasteiger partial charge is 0.497 e. The third kappa shape index (κ3) is 3.61. The number of rotatable bonds is 5. The summed E-state index contributed by atoms with van der Waals surface area (Å²) in [6, 6.07) is 16.1. The number of ether oxygens (including phenoxy) is 3. The standard InChI is InChI=1S/C24H18ClN3O4/c1-30-14-6-4-13(5-7-14)19-11-15(18(12-26)24(29)27-19)16-10-17-20(31-2)8-9-21(32-3)22(17)28-23(16)25/h4-11H,1-3H3,(H,27,29). The molecular weight excluding hydrogens is 430 g/mol. The number of H-pyrrole nitrogens is 1. The third-order valence-corrected chi connectivity index (χ3v) is 5.43. The number of nitriles is 1. The Bertz CT molecular complexity index is 1420. The van der Waals surface area contributed by atoms with Gasteiger partial charge in [-0.25, -0.2) is 4.98 Å². The number of nitrogens with zero attached hydrogens (tertiary/aromatic N) is 2. The Morgan fingerprint density at radius 2 is 1.62 bits per heavy atom. The molecule has 7 nitrogen and oxygen atoms in total. The van der Waals surface area contributed by atoms with Crippen molar-refractivity contribution >= 4 is 22.5 Å². The number of aromatic amines is 1. The van der Waals surface area contributed by atoms with Gasteiger partial charge in [0.05, 0.1) is 21.3 Å². The highest BCUT2D eigenvalue weighted by molar-refractivity contribution is 6.33. The second-order valence-corrected chi connectivity index (χ2v) is 7.19. The summed E-state index contributed by atoms with van der Waals surface area (Å²) in [5.41, 5.74) is 2.00. The first-order valence-electron chi connectivity index (χ1n) is 9.54. The molecule has 2 aromatic carbocycles. The number of halogens is 1. The van der Waals surface area contributed by atoms with E-state index in [1.807, 2.05) is 18.2 Å². The lowest BCUT2D eigenvalue weighted by molar-refractivity contribution is 0.410. The van der Waals surface area contributed by atoms with Gasteiger partial charge >= 0.3 is 0 Å². The fourth-order valence-corrected chi connectivity index (χ4v) is 3.77. The van der Waals surface area contributed by atoms with E-state index in [0.29, 0.717) is 45.0 Å². The molecule has 0 aliphatic carbocycles. The molecule has 8 heteroatoms. The number of benzene rings is 2. The Kier molecular flexibility index (Phi) is 5.71. The summed E-state index contributed by atoms with van der Waals surface area (Å²) in [4.78, 5) is 20.0. The van der Waals surface area contributed by atoms with Crippen molar-refractivity contribution in [2.45, 2.75) is 0 Å². The van der Waals surface area contributed by atoms with E-state index >= 15 is 0 Å². The molecule has 0 bridgehead atoms. The fourth-order valence-electron chi connectivity index (χ4n) is 3.53. The average Bonchev–Trinajstić information content (AvgIpc) is 2.82. The number of hydrogen-bond acceptors (Lipinski definition) is 6. The lowest BCUT2D eigenvalue weighted by Crippen LogP contribution is -2.13. The van der Waals surface area contributed by atoms with Crippen LogP contribution in [-0.2, 0) is 0 Å². The number of aromatic nitrogens is 2. The van der Waals surface area contributed by atoms with E-state index < -0.39 is 5.56 Å². The summed E-state index contributed by atoms with van der Waals surface area (Å²) in [5, 5.41) is 10.5. The number of hydrogen-bond donors (Lipinski definition) is 1. The van der Waals surface area contributed by atoms with E-state index in [1.54, 1.807) is 50.6 Å². The van der Waals surface area contributed by atoms with Gasteiger partial charge in [-0.05, 0) is 54.1 Å². The first-order valence-corrected chi connectivity index (χ1v) is 9.92. The molecule has 0 saturated heterocycles. The van der Waals surface area contributed by atoms with Gasteiger partial charge in [0.15, 0.2) is 0 Å². The fraction of sp³-hybridized carbons (Fsp3) is 0.125. The molecule has 1 N–H and O–H groups in total. The molecule has 0 aliphatic rings. The summed E-state index contributed by atoms with van der Waals surface area (Å²) in [6.45, 7) is 0. The van der Waals surface area contributed by atoms with Crippen molar-refractivity contribution in [2.24, 2.45) is 0 Å². The van der Waals surface area contributed by atoms with Crippen LogP contribution in [-0.4, -0.2) is 31.3 Å². The van der Waals surface area contributed by atoms with E-state index in [4.69, 9.17) is 25.8 Å². The molecule has 0 aliphatic heterocycles. The van der Waals surface area contributed by atoms with Crippen LogP contribution in [0.3, 0.4) is 0 Å². The quantitative estimate of drug-likeness (QED) is 0.441. The van der Waals surface area contributed by atoms with Gasteiger partial charge in [0.25, 0.3) is 5.56 Å². The van der Waals surface area contributed by atoms with E-state index in [1.165, 1.54) is 7.11 Å². The Labute approximate surface area is 188 Å². The van der Waals surface area contributed by atoms with Crippen molar-refractivity contribution < 1.29 is 14.2 Å². The zero-order valence-electron chi connectivity index (χ0n) is 17.5. The topological polar surface area (TPSA) is 97.2 Å². The van der Waals surface area contributed by atoms with Crippen LogP contribution in [0.5, 0.6) is 17.2 Å². The maximum Gasteiger partial charge on any atom is 0.266 e. The van der Waals surface area contributed by atoms with Crippen molar-refractivity contribution in [2.75, 3.05) is 21.3 Å². The highest BCUT2D eigenvalue weighted by Gasteiger charge is 2.19. The molecule has 0 radical (unpaired) electrons.